The molecule has 1 aliphatic carbocycles. The first-order valence-electron chi connectivity index (χ1n) is 11.2. The summed E-state index contributed by atoms with van der Waals surface area (Å²) in [7, 11) is -2.09. The van der Waals surface area contributed by atoms with Gasteiger partial charge in [-0.1, -0.05) is 30.3 Å². The minimum Gasteiger partial charge on any atom is -0.383 e. The Morgan fingerprint density at radius 3 is 2.69 bits per heavy atom. The average Bonchev–Trinajstić information content (AvgIpc) is 3.35. The molecule has 0 N–H and O–H groups in total. The quantitative estimate of drug-likeness (QED) is 0.511. The number of carbonyl (C=O) groups excluding carboxylic acids is 1. The van der Waals surface area contributed by atoms with Crippen LogP contribution in [0.2, 0.25) is 0 Å². The van der Waals surface area contributed by atoms with Crippen molar-refractivity contribution in [3.05, 3.63) is 47.8 Å². The van der Waals surface area contributed by atoms with Crippen molar-refractivity contribution in [2.75, 3.05) is 26.9 Å². The second-order valence-corrected chi connectivity index (χ2v) is 10.4. The van der Waals surface area contributed by atoms with Crippen molar-refractivity contribution < 1.29 is 22.7 Å². The van der Waals surface area contributed by atoms with Crippen molar-refractivity contribution in [1.82, 2.24) is 14.5 Å². The SMILES string of the molecule is COCCn1c(CN(CC2CCCO2)C(=O)C2CC2)cnc1S(=O)(=O)Cc1ccccc1. The molecule has 174 valence electrons. The number of imidazole rings is 1. The van der Waals surface area contributed by atoms with Crippen LogP contribution >= 0.6 is 0 Å². The van der Waals surface area contributed by atoms with Gasteiger partial charge in [-0.3, -0.25) is 4.79 Å². The van der Waals surface area contributed by atoms with Gasteiger partial charge >= 0.3 is 0 Å². The fourth-order valence-corrected chi connectivity index (χ4v) is 5.61. The van der Waals surface area contributed by atoms with Crippen LogP contribution in [-0.2, 0) is 42.9 Å². The number of amides is 1. The number of benzene rings is 1. The number of nitrogens with zero attached hydrogens (tertiary/aromatic N) is 3. The molecule has 0 radical (unpaired) electrons. The van der Waals surface area contributed by atoms with E-state index in [2.05, 4.69) is 4.98 Å². The van der Waals surface area contributed by atoms with Gasteiger partial charge in [-0.05, 0) is 31.2 Å². The van der Waals surface area contributed by atoms with Crippen molar-refractivity contribution in [1.29, 1.82) is 0 Å². The molecule has 1 saturated carbocycles. The molecule has 0 bridgehead atoms. The van der Waals surface area contributed by atoms with Crippen LogP contribution in [0.4, 0.5) is 0 Å². The molecule has 1 saturated heterocycles. The molecule has 8 nitrogen and oxygen atoms in total. The van der Waals surface area contributed by atoms with Gasteiger partial charge in [0.05, 0.1) is 36.9 Å². The summed E-state index contributed by atoms with van der Waals surface area (Å²) < 4.78 is 39.0. The van der Waals surface area contributed by atoms with E-state index in [0.717, 1.165) is 32.3 Å². The number of aromatic nitrogens is 2. The van der Waals surface area contributed by atoms with Gasteiger partial charge in [0, 0.05) is 32.7 Å². The Balaban J connectivity index is 1.59. The minimum absolute atomic E-state index is 0.0179. The molecule has 2 aliphatic rings. The normalized spacial score (nSPS) is 18.7. The van der Waals surface area contributed by atoms with E-state index in [1.54, 1.807) is 30.0 Å². The lowest BCUT2D eigenvalue weighted by Gasteiger charge is -2.26. The molecule has 1 aromatic carbocycles. The molecule has 2 heterocycles. The molecule has 2 fully saturated rings. The third-order valence-corrected chi connectivity index (χ3v) is 7.53. The molecule has 2 aromatic rings. The third-order valence-electron chi connectivity index (χ3n) is 5.94. The van der Waals surface area contributed by atoms with Crippen LogP contribution in [0.1, 0.15) is 36.9 Å². The van der Waals surface area contributed by atoms with Gasteiger partial charge in [-0.15, -0.1) is 0 Å². The highest BCUT2D eigenvalue weighted by atomic mass is 32.2. The number of hydrogen-bond acceptors (Lipinski definition) is 6. The summed E-state index contributed by atoms with van der Waals surface area (Å²) in [6.07, 6.45) is 5.39. The molecule has 4 rings (SSSR count). The van der Waals surface area contributed by atoms with Crippen molar-refractivity contribution >= 4 is 15.7 Å². The Morgan fingerprint density at radius 1 is 1.25 bits per heavy atom. The maximum Gasteiger partial charge on any atom is 0.228 e. The molecule has 0 spiro atoms. The summed E-state index contributed by atoms with van der Waals surface area (Å²) in [5, 5.41) is 0.0179. The third kappa shape index (κ3) is 5.57. The van der Waals surface area contributed by atoms with E-state index >= 15 is 0 Å². The first-order chi connectivity index (χ1) is 15.5. The van der Waals surface area contributed by atoms with Crippen molar-refractivity contribution in [3.8, 4) is 0 Å². The lowest BCUT2D eigenvalue weighted by molar-refractivity contribution is -0.134. The van der Waals surface area contributed by atoms with E-state index in [9.17, 15) is 13.2 Å². The van der Waals surface area contributed by atoms with Crippen LogP contribution in [0.5, 0.6) is 0 Å². The zero-order chi connectivity index (χ0) is 22.6. The molecule has 32 heavy (non-hydrogen) atoms. The highest BCUT2D eigenvalue weighted by molar-refractivity contribution is 7.90. The van der Waals surface area contributed by atoms with E-state index in [4.69, 9.17) is 9.47 Å². The van der Waals surface area contributed by atoms with E-state index in [0.29, 0.717) is 37.5 Å². The summed E-state index contributed by atoms with van der Waals surface area (Å²) in [6.45, 7) is 2.26. The lowest BCUT2D eigenvalue weighted by Crippen LogP contribution is -2.38. The number of methoxy groups -OCH3 is 1. The maximum absolute atomic E-state index is 13.2. The van der Waals surface area contributed by atoms with Gasteiger partial charge in [-0.2, -0.15) is 0 Å². The van der Waals surface area contributed by atoms with Crippen LogP contribution in [0, 0.1) is 5.92 Å². The second kappa shape index (κ2) is 10.1. The molecule has 1 aromatic heterocycles. The summed E-state index contributed by atoms with van der Waals surface area (Å²) >= 11 is 0. The lowest BCUT2D eigenvalue weighted by atomic mass is 10.2. The summed E-state index contributed by atoms with van der Waals surface area (Å²) in [6, 6.07) is 9.07. The molecule has 1 unspecified atom stereocenters. The van der Waals surface area contributed by atoms with Gasteiger partial charge in [0.1, 0.15) is 0 Å². The molecular weight excluding hydrogens is 430 g/mol. The average molecular weight is 462 g/mol. The minimum atomic E-state index is -3.67. The van der Waals surface area contributed by atoms with Gasteiger partial charge in [0.25, 0.3) is 0 Å². The van der Waals surface area contributed by atoms with Crippen LogP contribution in [0.3, 0.4) is 0 Å². The number of rotatable bonds is 11. The maximum atomic E-state index is 13.2. The van der Waals surface area contributed by atoms with Crippen molar-refractivity contribution in [2.24, 2.45) is 5.92 Å². The number of sulfone groups is 1. The number of carbonyl (C=O) groups is 1. The predicted molar refractivity (Wildman–Crippen MR) is 119 cm³/mol. The van der Waals surface area contributed by atoms with Crippen LogP contribution < -0.4 is 0 Å². The Bertz CT molecular complexity index is 1010. The predicted octanol–water partition coefficient (Wildman–Crippen LogP) is 2.42. The highest BCUT2D eigenvalue weighted by Crippen LogP contribution is 2.32. The largest absolute Gasteiger partial charge is 0.383 e. The Kier molecular flexibility index (Phi) is 7.27. The smallest absolute Gasteiger partial charge is 0.228 e. The monoisotopic (exact) mass is 461 g/mol. The first-order valence-corrected chi connectivity index (χ1v) is 12.8. The van der Waals surface area contributed by atoms with Gasteiger partial charge in [-0.25, -0.2) is 13.4 Å². The number of ether oxygens (including phenoxy) is 2. The van der Waals surface area contributed by atoms with Crippen LogP contribution in [-0.4, -0.2) is 61.7 Å². The first kappa shape index (κ1) is 22.9. The van der Waals surface area contributed by atoms with Crippen LogP contribution in [0.25, 0.3) is 0 Å². The van der Waals surface area contributed by atoms with Crippen LogP contribution in [0.15, 0.2) is 41.7 Å². The van der Waals surface area contributed by atoms with E-state index in [-0.39, 0.29) is 28.8 Å². The van der Waals surface area contributed by atoms with Gasteiger partial charge < -0.3 is 18.9 Å². The van der Waals surface area contributed by atoms with Gasteiger partial charge in [0.15, 0.2) is 0 Å². The van der Waals surface area contributed by atoms with E-state index in [1.165, 1.54) is 0 Å². The molecule has 1 atom stereocenters. The van der Waals surface area contributed by atoms with E-state index < -0.39 is 9.84 Å². The fraction of sp³-hybridized carbons (Fsp3) is 0.565. The molecular formula is C23H31N3O5S. The summed E-state index contributed by atoms with van der Waals surface area (Å²) in [4.78, 5) is 19.1. The molecule has 1 aliphatic heterocycles. The fourth-order valence-electron chi connectivity index (χ4n) is 4.10. The molecule has 9 heteroatoms. The van der Waals surface area contributed by atoms with Gasteiger partial charge in [0.2, 0.25) is 20.9 Å². The van der Waals surface area contributed by atoms with E-state index in [1.807, 2.05) is 23.1 Å². The zero-order valence-corrected chi connectivity index (χ0v) is 19.3. The Morgan fingerprint density at radius 2 is 2.03 bits per heavy atom. The second-order valence-electron chi connectivity index (χ2n) is 8.55. The summed E-state index contributed by atoms with van der Waals surface area (Å²) in [5.74, 6) is 0.0690. The zero-order valence-electron chi connectivity index (χ0n) is 18.5. The Labute approximate surface area is 189 Å². The Hall–Kier alpha value is -2.23. The number of hydrogen-bond donors (Lipinski definition) is 0. The molecule has 1 amide bonds. The topological polar surface area (TPSA) is 90.7 Å². The van der Waals surface area contributed by atoms with Crippen molar-refractivity contribution in [2.45, 2.75) is 55.8 Å². The highest BCUT2D eigenvalue weighted by Gasteiger charge is 2.35. The van der Waals surface area contributed by atoms with Crippen molar-refractivity contribution in [3.63, 3.8) is 0 Å². The standard InChI is InChI=1S/C23H31N3O5S/c1-30-13-11-26-20(14-24-23(26)32(28,29)17-18-6-3-2-4-7-18)15-25(22(27)19-9-10-19)16-21-8-5-12-31-21/h2-4,6-7,14,19,21H,5,8-13,15-17H2,1H3. The summed E-state index contributed by atoms with van der Waals surface area (Å²) in [5.41, 5.74) is 1.40.